The first-order valence-electron chi connectivity index (χ1n) is 12.5. The van der Waals surface area contributed by atoms with Gasteiger partial charge in [0.1, 0.15) is 29.0 Å². The van der Waals surface area contributed by atoms with Gasteiger partial charge < -0.3 is 20.3 Å². The minimum atomic E-state index is -1.20. The predicted octanol–water partition coefficient (Wildman–Crippen LogP) is 3.82. The van der Waals surface area contributed by atoms with E-state index in [1.165, 1.54) is 23.2 Å². The molecule has 0 bridgehead atoms. The Balaban J connectivity index is 1.33. The van der Waals surface area contributed by atoms with Crippen molar-refractivity contribution in [3.05, 3.63) is 48.0 Å². The number of hydrogen-bond donors (Lipinski definition) is 1. The van der Waals surface area contributed by atoms with Crippen LogP contribution in [0.1, 0.15) is 50.0 Å². The van der Waals surface area contributed by atoms with Crippen LogP contribution in [0, 0.1) is 11.7 Å². The molecule has 1 atom stereocenters. The summed E-state index contributed by atoms with van der Waals surface area (Å²) in [5.74, 6) is -0.512. The van der Waals surface area contributed by atoms with E-state index in [2.05, 4.69) is 9.88 Å². The van der Waals surface area contributed by atoms with E-state index in [0.717, 1.165) is 25.9 Å². The van der Waals surface area contributed by atoms with Crippen LogP contribution in [0.25, 0.3) is 11.1 Å². The average Bonchev–Trinajstić information content (AvgIpc) is 3.33. The third kappa shape index (κ3) is 6.37. The number of rotatable bonds is 8. The van der Waals surface area contributed by atoms with Gasteiger partial charge in [-0.1, -0.05) is 6.07 Å². The first-order valence-corrected chi connectivity index (χ1v) is 12.5. The topological polar surface area (TPSA) is 88.8 Å². The standard InChI is InChI=1S/C27H34F2N4O3/c1-27(2,29)17-32-12-9-18(10-13-32)16-36-20-6-7-21(22(28)14-20)19-5-8-23(31-15-19)26(35)33-11-3-4-24(33)25(30)34/h5-8,14-15,18,24H,3-4,9-13,16-17H2,1-2H3,(H2,30,34)/t24-/m0/s1. The summed E-state index contributed by atoms with van der Waals surface area (Å²) in [5.41, 5.74) is 5.28. The van der Waals surface area contributed by atoms with Gasteiger partial charge in [0.25, 0.3) is 5.91 Å². The van der Waals surface area contributed by atoms with Gasteiger partial charge in [0.05, 0.1) is 6.61 Å². The van der Waals surface area contributed by atoms with Crippen LogP contribution in [0.2, 0.25) is 0 Å². The molecule has 2 aliphatic rings. The lowest BCUT2D eigenvalue weighted by Crippen LogP contribution is -2.43. The van der Waals surface area contributed by atoms with E-state index in [1.54, 1.807) is 32.0 Å². The highest BCUT2D eigenvalue weighted by atomic mass is 19.1. The Bertz CT molecular complexity index is 1080. The van der Waals surface area contributed by atoms with E-state index in [9.17, 15) is 18.4 Å². The number of pyridine rings is 1. The molecule has 3 heterocycles. The molecule has 36 heavy (non-hydrogen) atoms. The van der Waals surface area contributed by atoms with Crippen molar-refractivity contribution in [3.63, 3.8) is 0 Å². The Morgan fingerprint density at radius 1 is 1.14 bits per heavy atom. The second-order valence-corrected chi connectivity index (χ2v) is 10.4. The normalized spacial score (nSPS) is 19.4. The Kier molecular flexibility index (Phi) is 7.88. The Hall–Kier alpha value is -3.07. The molecule has 7 nitrogen and oxygen atoms in total. The zero-order valence-corrected chi connectivity index (χ0v) is 20.9. The van der Waals surface area contributed by atoms with Gasteiger partial charge in [-0.05, 0) is 76.7 Å². The number of ether oxygens (including phenoxy) is 1. The molecule has 1 aromatic carbocycles. The average molecular weight is 501 g/mol. The van der Waals surface area contributed by atoms with Crippen LogP contribution in [-0.4, -0.2) is 71.1 Å². The Labute approximate surface area is 210 Å². The highest BCUT2D eigenvalue weighted by Gasteiger charge is 2.33. The quantitative estimate of drug-likeness (QED) is 0.595. The lowest BCUT2D eigenvalue weighted by Gasteiger charge is -2.34. The maximum atomic E-state index is 14.9. The highest BCUT2D eigenvalue weighted by Crippen LogP contribution is 2.28. The number of likely N-dealkylation sites (tertiary alicyclic amines) is 2. The Morgan fingerprint density at radius 3 is 2.50 bits per heavy atom. The molecule has 2 N–H and O–H groups in total. The fraction of sp³-hybridized carbons (Fsp3) is 0.519. The van der Waals surface area contributed by atoms with E-state index in [4.69, 9.17) is 10.5 Å². The van der Waals surface area contributed by atoms with Crippen molar-refractivity contribution >= 4 is 11.8 Å². The van der Waals surface area contributed by atoms with Crippen molar-refractivity contribution in [1.82, 2.24) is 14.8 Å². The summed E-state index contributed by atoms with van der Waals surface area (Å²) >= 11 is 0. The maximum absolute atomic E-state index is 14.9. The first-order chi connectivity index (χ1) is 17.1. The number of aromatic nitrogens is 1. The fourth-order valence-electron chi connectivity index (χ4n) is 5.01. The summed E-state index contributed by atoms with van der Waals surface area (Å²) in [5, 5.41) is 0. The van der Waals surface area contributed by atoms with Gasteiger partial charge in [0, 0.05) is 36.5 Å². The van der Waals surface area contributed by atoms with Gasteiger partial charge in [-0.15, -0.1) is 0 Å². The second-order valence-electron chi connectivity index (χ2n) is 10.4. The minimum Gasteiger partial charge on any atom is -0.493 e. The van der Waals surface area contributed by atoms with Crippen LogP contribution in [0.3, 0.4) is 0 Å². The summed E-state index contributed by atoms with van der Waals surface area (Å²) in [4.78, 5) is 32.1. The SMILES string of the molecule is CC(C)(F)CN1CCC(COc2ccc(-c3ccc(C(=O)N4CCC[C@H]4C(N)=O)nc3)c(F)c2)CC1. The number of carbonyl (C=O) groups excluding carboxylic acids is 2. The molecule has 2 amide bonds. The summed E-state index contributed by atoms with van der Waals surface area (Å²) in [6.45, 7) is 6.25. The van der Waals surface area contributed by atoms with Gasteiger partial charge in [-0.25, -0.2) is 8.78 Å². The van der Waals surface area contributed by atoms with Crippen LogP contribution in [0.15, 0.2) is 36.5 Å². The van der Waals surface area contributed by atoms with Gasteiger partial charge >= 0.3 is 0 Å². The van der Waals surface area contributed by atoms with Gasteiger partial charge in [-0.2, -0.15) is 0 Å². The molecule has 0 unspecified atom stereocenters. The number of hydrogen-bond acceptors (Lipinski definition) is 5. The van der Waals surface area contributed by atoms with Crippen LogP contribution in [-0.2, 0) is 4.79 Å². The number of nitrogens with zero attached hydrogens (tertiary/aromatic N) is 3. The van der Waals surface area contributed by atoms with Crippen molar-refractivity contribution in [3.8, 4) is 16.9 Å². The molecule has 2 saturated heterocycles. The number of alkyl halides is 1. The van der Waals surface area contributed by atoms with Gasteiger partial charge in [-0.3, -0.25) is 14.6 Å². The van der Waals surface area contributed by atoms with Gasteiger partial charge in [0.2, 0.25) is 5.91 Å². The summed E-state index contributed by atoms with van der Waals surface area (Å²) in [6, 6.07) is 7.28. The molecule has 2 fully saturated rings. The molecular formula is C27H34F2N4O3. The molecule has 0 radical (unpaired) electrons. The molecule has 1 aromatic heterocycles. The van der Waals surface area contributed by atoms with Gasteiger partial charge in [0.15, 0.2) is 0 Å². The lowest BCUT2D eigenvalue weighted by atomic mass is 9.97. The van der Waals surface area contributed by atoms with Crippen molar-refractivity contribution in [2.75, 3.05) is 32.8 Å². The number of halogens is 2. The molecule has 0 aliphatic carbocycles. The number of benzene rings is 1. The number of carbonyl (C=O) groups is 2. The van der Waals surface area contributed by atoms with Crippen molar-refractivity contribution in [1.29, 1.82) is 0 Å². The van der Waals surface area contributed by atoms with E-state index in [1.807, 2.05) is 0 Å². The number of nitrogens with two attached hydrogens (primary N) is 1. The van der Waals surface area contributed by atoms with E-state index in [-0.39, 0.29) is 11.6 Å². The molecule has 0 spiro atoms. The molecule has 9 heteroatoms. The monoisotopic (exact) mass is 500 g/mol. The van der Waals surface area contributed by atoms with Crippen molar-refractivity contribution in [2.24, 2.45) is 11.7 Å². The summed E-state index contributed by atoms with van der Waals surface area (Å²) in [6.07, 6.45) is 4.56. The molecule has 0 saturated carbocycles. The fourth-order valence-corrected chi connectivity index (χ4v) is 5.01. The molecule has 2 aromatic rings. The lowest BCUT2D eigenvalue weighted by molar-refractivity contribution is -0.121. The van der Waals surface area contributed by atoms with Crippen molar-refractivity contribution in [2.45, 2.75) is 51.2 Å². The second kappa shape index (κ2) is 10.9. The zero-order chi connectivity index (χ0) is 25.9. The third-order valence-corrected chi connectivity index (χ3v) is 6.87. The first kappa shape index (κ1) is 26.0. The van der Waals surface area contributed by atoms with Crippen molar-refractivity contribution < 1.29 is 23.1 Å². The molecule has 4 rings (SSSR count). The van der Waals surface area contributed by atoms with E-state index >= 15 is 0 Å². The molecule has 2 aliphatic heterocycles. The predicted molar refractivity (Wildman–Crippen MR) is 133 cm³/mol. The zero-order valence-electron chi connectivity index (χ0n) is 20.9. The van der Waals surface area contributed by atoms with Crippen LogP contribution in [0.5, 0.6) is 5.75 Å². The molecular weight excluding hydrogens is 466 g/mol. The number of amides is 2. The Morgan fingerprint density at radius 2 is 1.89 bits per heavy atom. The largest absolute Gasteiger partial charge is 0.493 e. The highest BCUT2D eigenvalue weighted by molar-refractivity contribution is 5.96. The smallest absolute Gasteiger partial charge is 0.273 e. The van der Waals surface area contributed by atoms with E-state index in [0.29, 0.717) is 55.3 Å². The summed E-state index contributed by atoms with van der Waals surface area (Å²) < 4.78 is 34.6. The van der Waals surface area contributed by atoms with E-state index < -0.39 is 23.4 Å². The summed E-state index contributed by atoms with van der Waals surface area (Å²) in [7, 11) is 0. The number of primary amides is 1. The van der Waals surface area contributed by atoms with Crippen LogP contribution < -0.4 is 10.5 Å². The van der Waals surface area contributed by atoms with Crippen LogP contribution >= 0.6 is 0 Å². The van der Waals surface area contributed by atoms with Crippen LogP contribution in [0.4, 0.5) is 8.78 Å². The minimum absolute atomic E-state index is 0.188. The number of piperidine rings is 1. The molecule has 194 valence electrons. The third-order valence-electron chi connectivity index (χ3n) is 6.87. The maximum Gasteiger partial charge on any atom is 0.273 e.